The molecule has 5 aromatic carbocycles. The molecule has 0 heterocycles. The van der Waals surface area contributed by atoms with Crippen molar-refractivity contribution in [1.82, 2.24) is 0 Å². The summed E-state index contributed by atoms with van der Waals surface area (Å²) in [6.45, 7) is 17.9. The first-order valence-electron chi connectivity index (χ1n) is 14.9. The van der Waals surface area contributed by atoms with Crippen LogP contribution in [0.2, 0.25) is 0 Å². The summed E-state index contributed by atoms with van der Waals surface area (Å²) < 4.78 is 0. The van der Waals surface area contributed by atoms with Crippen LogP contribution >= 0.6 is 0 Å². The Morgan fingerprint density at radius 2 is 1.07 bits per heavy atom. The van der Waals surface area contributed by atoms with Crippen molar-refractivity contribution in [2.24, 2.45) is 0 Å². The zero-order valence-electron chi connectivity index (χ0n) is 26.6. The standard InChI is InChI=1S/C21H25.C14H14Si.C5H5.Zr/c1-20(2,3)16-7-9-18-14(12-16)11-15-13-17(21(4,5)6)8-10-19(15)18;1-11-3-7-13(8-4-11)15-14-9-5-12(2)6-10-14;1-2-4-5-3-1;/h7-13H,1-6H3;3-10H,1-2H3;1-3H,4H2;/q-1;;-1;+2. The van der Waals surface area contributed by atoms with Gasteiger partial charge in [0.1, 0.15) is 0 Å². The molecule has 0 amide bonds. The van der Waals surface area contributed by atoms with Crippen LogP contribution in [0.25, 0.3) is 21.5 Å². The normalized spacial score (nSPS) is 12.6. The molecular weight excluding hydrogens is 600 g/mol. The minimum atomic E-state index is -0.488. The van der Waals surface area contributed by atoms with Crippen molar-refractivity contribution in [3.8, 4) is 0 Å². The van der Waals surface area contributed by atoms with Crippen LogP contribution in [0.4, 0.5) is 0 Å². The Morgan fingerprint density at radius 1 is 0.643 bits per heavy atom. The molecule has 6 rings (SSSR count). The number of hydrogen-bond acceptors (Lipinski definition) is 0. The number of fused-ring (bicyclic) bond motifs is 3. The second-order valence-electron chi connectivity index (χ2n) is 13.4. The minimum Gasteiger partial charge on any atom is -0.273 e. The second-order valence-corrected chi connectivity index (χ2v) is 19.0. The van der Waals surface area contributed by atoms with E-state index in [2.05, 4.69) is 159 Å². The van der Waals surface area contributed by atoms with E-state index in [0.29, 0.717) is 0 Å². The van der Waals surface area contributed by atoms with Crippen molar-refractivity contribution in [1.29, 1.82) is 0 Å². The van der Waals surface area contributed by atoms with Crippen LogP contribution in [0, 0.1) is 19.9 Å². The van der Waals surface area contributed by atoms with Crippen LogP contribution < -0.4 is 10.4 Å². The van der Waals surface area contributed by atoms with Gasteiger partial charge in [-0.1, -0.05) is 76.9 Å². The molecule has 0 atom stereocenters. The van der Waals surface area contributed by atoms with Crippen molar-refractivity contribution < 1.29 is 23.3 Å². The Morgan fingerprint density at radius 3 is 1.38 bits per heavy atom. The molecule has 0 N–H and O–H groups in total. The molecule has 0 aliphatic heterocycles. The van der Waals surface area contributed by atoms with Crippen LogP contribution in [-0.2, 0) is 34.2 Å². The van der Waals surface area contributed by atoms with Gasteiger partial charge in [0, 0.05) is 0 Å². The van der Waals surface area contributed by atoms with E-state index in [-0.39, 0.29) is 10.8 Å². The van der Waals surface area contributed by atoms with Gasteiger partial charge < -0.3 is 0 Å². The molecule has 0 radical (unpaired) electrons. The molecule has 0 unspecified atom stereocenters. The number of allylic oxidation sites excluding steroid dienone is 4. The van der Waals surface area contributed by atoms with E-state index in [1.807, 2.05) is 12.2 Å². The average Bonchev–Trinajstić information content (AvgIpc) is 3.64. The third-order valence-electron chi connectivity index (χ3n) is 7.70. The first kappa shape index (κ1) is 32.2. The van der Waals surface area contributed by atoms with Gasteiger partial charge in [0.05, 0.1) is 0 Å². The summed E-state index contributed by atoms with van der Waals surface area (Å²) in [6, 6.07) is 34.2. The van der Waals surface area contributed by atoms with Crippen molar-refractivity contribution in [2.45, 2.75) is 72.6 Å². The van der Waals surface area contributed by atoms with E-state index in [0.717, 1.165) is 6.42 Å². The number of hydrogen-bond donors (Lipinski definition) is 0. The van der Waals surface area contributed by atoms with E-state index < -0.39 is 5.43 Å². The largest absolute Gasteiger partial charge is 0.273 e. The van der Waals surface area contributed by atoms with Gasteiger partial charge in [-0.3, -0.25) is 6.08 Å². The third kappa shape index (κ3) is 8.46. The summed E-state index contributed by atoms with van der Waals surface area (Å²) in [5.74, 6) is 0. The summed E-state index contributed by atoms with van der Waals surface area (Å²) in [5.41, 5.74) is 5.42. The first-order chi connectivity index (χ1) is 19.8. The number of benzene rings is 4. The summed E-state index contributed by atoms with van der Waals surface area (Å²) in [6.07, 6.45) is 10.0. The molecule has 0 fully saturated rings. The predicted octanol–water partition coefficient (Wildman–Crippen LogP) is 9.57. The van der Waals surface area contributed by atoms with E-state index in [9.17, 15) is 0 Å². The van der Waals surface area contributed by atoms with Crippen LogP contribution in [0.15, 0.2) is 109 Å². The van der Waals surface area contributed by atoms with Crippen LogP contribution in [0.5, 0.6) is 0 Å². The van der Waals surface area contributed by atoms with E-state index >= 15 is 0 Å². The van der Waals surface area contributed by atoms with Crippen molar-refractivity contribution >= 4 is 37.4 Å². The fraction of sp³-hybridized carbons (Fsp3) is 0.275. The molecule has 0 nitrogen and oxygen atoms in total. The molecule has 212 valence electrons. The van der Waals surface area contributed by atoms with Crippen molar-refractivity contribution in [3.05, 3.63) is 138 Å². The zero-order valence-corrected chi connectivity index (χ0v) is 30.1. The molecule has 1 aliphatic carbocycles. The van der Waals surface area contributed by atoms with Crippen molar-refractivity contribution in [3.63, 3.8) is 0 Å². The maximum absolute atomic E-state index is 2.99. The Balaban J connectivity index is 0.000000170. The molecule has 0 bridgehead atoms. The molecule has 0 saturated carbocycles. The predicted molar refractivity (Wildman–Crippen MR) is 183 cm³/mol. The molecule has 2 heteroatoms. The smallest absolute Gasteiger partial charge is 0.109 e. The maximum Gasteiger partial charge on any atom is -0.109 e. The Labute approximate surface area is 269 Å². The van der Waals surface area contributed by atoms with Gasteiger partial charge in [-0.15, -0.1) is 46.2 Å². The molecule has 0 aromatic heterocycles. The molecule has 5 aromatic rings. The molecule has 0 spiro atoms. The van der Waals surface area contributed by atoms with Gasteiger partial charge in [0.25, 0.3) is 0 Å². The first-order valence-corrected chi connectivity index (χ1v) is 20.1. The van der Waals surface area contributed by atoms with Crippen LogP contribution in [0.1, 0.15) is 70.2 Å². The van der Waals surface area contributed by atoms with E-state index in [4.69, 9.17) is 0 Å². The average molecular weight is 644 g/mol. The van der Waals surface area contributed by atoms with Gasteiger partial charge in [-0.2, -0.15) is 6.08 Å². The van der Waals surface area contributed by atoms with Gasteiger partial charge in [0.2, 0.25) is 0 Å². The number of rotatable bonds is 2. The Kier molecular flexibility index (Phi) is 10.6. The topological polar surface area (TPSA) is 0 Å². The van der Waals surface area contributed by atoms with Crippen molar-refractivity contribution in [2.75, 3.05) is 0 Å². The Hall–Kier alpha value is -2.67. The number of aryl methyl sites for hydroxylation is 2. The quantitative estimate of drug-likeness (QED) is 0.133. The monoisotopic (exact) mass is 642 g/mol. The van der Waals surface area contributed by atoms with Crippen LogP contribution in [0.3, 0.4) is 0 Å². The maximum atomic E-state index is 2.99. The summed E-state index contributed by atoms with van der Waals surface area (Å²) in [5, 5.41) is 8.53. The van der Waals surface area contributed by atoms with Gasteiger partial charge in [-0.25, -0.2) is 12.2 Å². The molecule has 42 heavy (non-hydrogen) atoms. The van der Waals surface area contributed by atoms with Gasteiger partial charge >= 0.3 is 113 Å². The molecule has 0 saturated heterocycles. The summed E-state index contributed by atoms with van der Waals surface area (Å²) in [7, 11) is 0. The molecule has 1 aliphatic rings. The van der Waals surface area contributed by atoms with Crippen LogP contribution in [-0.4, -0.2) is 5.43 Å². The molecular formula is C40H44SiZr. The minimum absolute atomic E-state index is 0.203. The van der Waals surface area contributed by atoms with Gasteiger partial charge in [0.15, 0.2) is 0 Å². The fourth-order valence-corrected chi connectivity index (χ4v) is 8.69. The van der Waals surface area contributed by atoms with Gasteiger partial charge in [-0.05, 0) is 10.8 Å². The Bertz CT molecular complexity index is 1590. The van der Waals surface area contributed by atoms with E-state index in [1.54, 1.807) is 23.3 Å². The zero-order chi connectivity index (χ0) is 30.5. The third-order valence-corrected chi connectivity index (χ3v) is 13.8. The fourth-order valence-electron chi connectivity index (χ4n) is 4.90. The second kappa shape index (κ2) is 13.7. The summed E-state index contributed by atoms with van der Waals surface area (Å²) >= 11 is 1.65. The van der Waals surface area contributed by atoms with E-state index in [1.165, 1.54) is 54.2 Å². The summed E-state index contributed by atoms with van der Waals surface area (Å²) in [4.78, 5) is 0. The SMILES string of the molecule is CC(C)(C)c1ccc2c(c1)[cH-]c1cc(C(C)(C)C)ccc12.Cc1ccc([Si](=[Zr+2])c2ccc(C)cc2)cc1.[C-]1=CC=CC1.